The fraction of sp³-hybridized carbons (Fsp3) is 0.857. The molecular formula is C21H41N3O10. The van der Waals surface area contributed by atoms with E-state index in [-0.39, 0.29) is 32.8 Å². The zero-order valence-corrected chi connectivity index (χ0v) is 19.7. The van der Waals surface area contributed by atoms with Gasteiger partial charge in [-0.3, -0.25) is 14.4 Å². The van der Waals surface area contributed by atoms with Gasteiger partial charge in [-0.05, 0) is 6.42 Å². The number of carbonyl (C=O) groups is 3. The largest absolute Gasteiger partial charge is 0.481 e. The number of aliphatic carboxylic acids is 3. The number of aliphatic hydroxyl groups is 4. The lowest BCUT2D eigenvalue weighted by atomic mass is 9.88. The molecule has 0 bridgehead atoms. The lowest BCUT2D eigenvalue weighted by molar-refractivity contribution is -0.138. The first-order chi connectivity index (χ1) is 16.1. The molecule has 200 valence electrons. The zero-order chi connectivity index (χ0) is 26.0. The van der Waals surface area contributed by atoms with Gasteiger partial charge in [-0.15, -0.1) is 0 Å². The smallest absolute Gasteiger partial charge is 0.304 e. The van der Waals surface area contributed by atoms with Gasteiger partial charge in [-0.2, -0.15) is 0 Å². The van der Waals surface area contributed by atoms with E-state index in [2.05, 4.69) is 14.7 Å². The average Bonchev–Trinajstić information content (AvgIpc) is 3.67. The van der Waals surface area contributed by atoms with Crippen LogP contribution in [0.3, 0.4) is 0 Å². The first kappa shape index (κ1) is 32.1. The summed E-state index contributed by atoms with van der Waals surface area (Å²) >= 11 is 0. The maximum atomic E-state index is 9.90. The number of carboxylic acid groups (broad SMARTS) is 3. The van der Waals surface area contributed by atoms with E-state index < -0.39 is 23.3 Å². The predicted molar refractivity (Wildman–Crippen MR) is 121 cm³/mol. The van der Waals surface area contributed by atoms with E-state index in [0.29, 0.717) is 19.3 Å². The molecule has 0 aromatic rings. The molecule has 13 nitrogen and oxygen atoms in total. The van der Waals surface area contributed by atoms with Crippen molar-refractivity contribution in [2.75, 3.05) is 85.3 Å². The molecular weight excluding hydrogens is 454 g/mol. The molecule has 0 saturated carbocycles. The SMILES string of the molecule is O=C(O)CCN1CC1.O=C(O)CCN1CC1.O=C(O)CCN1CC1.OCCC(CO)(CO)CO. The molecule has 3 rings (SSSR count). The standard InChI is InChI=1S/C6H14O4.3C5H9NO2/c7-2-1-6(3-8,4-9)5-10;3*7-5(8)1-2-6-3-4-6/h7-10H,1-5H2;3*1-4H2,(H,7,8). The van der Waals surface area contributed by atoms with Crippen LogP contribution in [0.5, 0.6) is 0 Å². The van der Waals surface area contributed by atoms with Gasteiger partial charge in [-0.1, -0.05) is 0 Å². The highest BCUT2D eigenvalue weighted by Crippen LogP contribution is 2.18. The molecule has 34 heavy (non-hydrogen) atoms. The van der Waals surface area contributed by atoms with Crippen LogP contribution in [-0.2, 0) is 14.4 Å². The van der Waals surface area contributed by atoms with E-state index in [1.807, 2.05) is 0 Å². The Morgan fingerprint density at radius 1 is 0.559 bits per heavy atom. The summed E-state index contributed by atoms with van der Waals surface area (Å²) in [5.41, 5.74) is -0.908. The summed E-state index contributed by atoms with van der Waals surface area (Å²) in [6.45, 7) is 7.69. The van der Waals surface area contributed by atoms with E-state index in [9.17, 15) is 14.4 Å². The molecule has 3 aliphatic rings. The van der Waals surface area contributed by atoms with Crippen molar-refractivity contribution in [3.63, 3.8) is 0 Å². The molecule has 0 aromatic carbocycles. The highest BCUT2D eigenvalue weighted by atomic mass is 16.4. The van der Waals surface area contributed by atoms with E-state index >= 15 is 0 Å². The first-order valence-electron chi connectivity index (χ1n) is 11.4. The van der Waals surface area contributed by atoms with Crippen LogP contribution in [-0.4, -0.2) is 154 Å². The van der Waals surface area contributed by atoms with Gasteiger partial charge in [0, 0.05) is 70.9 Å². The van der Waals surface area contributed by atoms with Crippen LogP contribution in [0.2, 0.25) is 0 Å². The van der Waals surface area contributed by atoms with Crippen molar-refractivity contribution in [2.45, 2.75) is 25.7 Å². The van der Waals surface area contributed by atoms with Crippen LogP contribution in [0, 0.1) is 5.41 Å². The monoisotopic (exact) mass is 495 g/mol. The number of carboxylic acids is 3. The first-order valence-corrected chi connectivity index (χ1v) is 11.4. The fourth-order valence-corrected chi connectivity index (χ4v) is 2.27. The van der Waals surface area contributed by atoms with Gasteiger partial charge >= 0.3 is 17.9 Å². The number of hydrogen-bond acceptors (Lipinski definition) is 10. The van der Waals surface area contributed by atoms with Crippen molar-refractivity contribution >= 4 is 17.9 Å². The molecule has 3 fully saturated rings. The Morgan fingerprint density at radius 3 is 0.941 bits per heavy atom. The Labute approximate surface area is 199 Å². The Kier molecular flexibility index (Phi) is 17.4. The molecule has 3 aliphatic heterocycles. The molecule has 0 amide bonds. The second kappa shape index (κ2) is 18.5. The number of nitrogens with zero attached hydrogens (tertiary/aromatic N) is 3. The number of rotatable bonds is 14. The van der Waals surface area contributed by atoms with Gasteiger partial charge in [-0.25, -0.2) is 0 Å². The summed E-state index contributed by atoms with van der Waals surface area (Å²) in [7, 11) is 0. The van der Waals surface area contributed by atoms with Crippen LogP contribution in [0.4, 0.5) is 0 Å². The third kappa shape index (κ3) is 20.7. The molecule has 7 N–H and O–H groups in total. The summed E-state index contributed by atoms with van der Waals surface area (Å²) in [5, 5.41) is 59.0. The minimum Gasteiger partial charge on any atom is -0.481 e. The van der Waals surface area contributed by atoms with Gasteiger partial charge in [0.15, 0.2) is 0 Å². The van der Waals surface area contributed by atoms with Gasteiger partial charge in [0.1, 0.15) is 0 Å². The summed E-state index contributed by atoms with van der Waals surface area (Å²) in [5.74, 6) is -2.09. The molecule has 0 atom stereocenters. The Morgan fingerprint density at radius 2 is 0.824 bits per heavy atom. The summed E-state index contributed by atoms with van der Waals surface area (Å²) in [6, 6.07) is 0. The maximum absolute atomic E-state index is 9.90. The normalized spacial score (nSPS) is 16.6. The highest BCUT2D eigenvalue weighted by Gasteiger charge is 2.26. The van der Waals surface area contributed by atoms with E-state index in [0.717, 1.165) is 58.9 Å². The van der Waals surface area contributed by atoms with E-state index in [4.69, 9.17) is 35.7 Å². The minimum atomic E-state index is -0.908. The summed E-state index contributed by atoms with van der Waals surface area (Å²) in [6.07, 6.45) is 1.09. The fourth-order valence-electron chi connectivity index (χ4n) is 2.27. The number of hydrogen-bond donors (Lipinski definition) is 7. The summed E-state index contributed by atoms with van der Waals surface area (Å²) < 4.78 is 0. The predicted octanol–water partition coefficient (Wildman–Crippen LogP) is -2.34. The number of aliphatic hydroxyl groups excluding tert-OH is 4. The molecule has 0 aromatic heterocycles. The van der Waals surface area contributed by atoms with Crippen LogP contribution in [0.25, 0.3) is 0 Å². The van der Waals surface area contributed by atoms with Crippen molar-refractivity contribution in [3.8, 4) is 0 Å². The van der Waals surface area contributed by atoms with Crippen LogP contribution in [0.1, 0.15) is 25.7 Å². The van der Waals surface area contributed by atoms with Gasteiger partial charge in [0.05, 0.1) is 39.1 Å². The Balaban J connectivity index is 0.000000428. The Hall–Kier alpha value is -1.87. The molecule has 0 radical (unpaired) electrons. The third-order valence-corrected chi connectivity index (χ3v) is 5.19. The van der Waals surface area contributed by atoms with E-state index in [1.54, 1.807) is 0 Å². The highest BCUT2D eigenvalue weighted by molar-refractivity contribution is 5.67. The van der Waals surface area contributed by atoms with Gasteiger partial charge in [0.25, 0.3) is 0 Å². The summed E-state index contributed by atoms with van der Waals surface area (Å²) in [4.78, 5) is 36.0. The van der Waals surface area contributed by atoms with Gasteiger partial charge in [0.2, 0.25) is 0 Å². The topological polar surface area (TPSA) is 202 Å². The van der Waals surface area contributed by atoms with Crippen molar-refractivity contribution in [1.82, 2.24) is 14.7 Å². The molecule has 3 heterocycles. The molecule has 0 unspecified atom stereocenters. The van der Waals surface area contributed by atoms with Crippen molar-refractivity contribution in [3.05, 3.63) is 0 Å². The Bertz CT molecular complexity index is 507. The van der Waals surface area contributed by atoms with Crippen LogP contribution in [0.15, 0.2) is 0 Å². The molecule has 3 saturated heterocycles. The average molecular weight is 496 g/mol. The molecule has 0 aliphatic carbocycles. The van der Waals surface area contributed by atoms with Crippen LogP contribution < -0.4 is 0 Å². The van der Waals surface area contributed by atoms with Crippen molar-refractivity contribution < 1.29 is 50.1 Å². The van der Waals surface area contributed by atoms with Gasteiger partial charge < -0.3 is 50.4 Å². The zero-order valence-electron chi connectivity index (χ0n) is 19.7. The third-order valence-electron chi connectivity index (χ3n) is 5.19. The molecule has 0 spiro atoms. The lowest BCUT2D eigenvalue weighted by Crippen LogP contribution is -2.34. The maximum Gasteiger partial charge on any atom is 0.304 e. The van der Waals surface area contributed by atoms with Crippen molar-refractivity contribution in [1.29, 1.82) is 0 Å². The minimum absolute atomic E-state index is 0.137. The van der Waals surface area contributed by atoms with Crippen molar-refractivity contribution in [2.24, 2.45) is 5.41 Å². The lowest BCUT2D eigenvalue weighted by Gasteiger charge is -2.25. The second-order valence-corrected chi connectivity index (χ2v) is 8.40. The van der Waals surface area contributed by atoms with E-state index in [1.165, 1.54) is 0 Å². The molecule has 13 heteroatoms. The quantitative estimate of drug-likeness (QED) is 0.126. The van der Waals surface area contributed by atoms with Crippen LogP contribution >= 0.6 is 0 Å². The second-order valence-electron chi connectivity index (χ2n) is 8.40.